The van der Waals surface area contributed by atoms with Crippen LogP contribution >= 0.6 is 0 Å². The molecule has 33 heavy (non-hydrogen) atoms. The number of hydrogen-bond acceptors (Lipinski definition) is 3. The normalized spacial score (nSPS) is 16.4. The van der Waals surface area contributed by atoms with E-state index in [9.17, 15) is 14.7 Å². The number of likely N-dealkylation sites (tertiary alicyclic amines) is 1. The molecule has 1 atom stereocenters. The van der Waals surface area contributed by atoms with Crippen molar-refractivity contribution in [2.75, 3.05) is 13.1 Å². The van der Waals surface area contributed by atoms with Crippen molar-refractivity contribution in [3.8, 4) is 11.1 Å². The van der Waals surface area contributed by atoms with Crippen LogP contribution in [-0.2, 0) is 22.6 Å². The van der Waals surface area contributed by atoms with Gasteiger partial charge in [0.1, 0.15) is 0 Å². The smallest absolute Gasteiger partial charge is 0.337 e. The fourth-order valence-electron chi connectivity index (χ4n) is 4.87. The van der Waals surface area contributed by atoms with E-state index in [4.69, 9.17) is 4.74 Å². The summed E-state index contributed by atoms with van der Waals surface area (Å²) in [7, 11) is 0. The second-order valence-electron chi connectivity index (χ2n) is 10.3. The van der Waals surface area contributed by atoms with Crippen molar-refractivity contribution < 1.29 is 19.4 Å². The van der Waals surface area contributed by atoms with Gasteiger partial charge < -0.3 is 19.6 Å². The molecular formula is C27H34N2O4. The molecule has 1 unspecified atom stereocenters. The number of nitrogens with zero attached hydrogens (tertiary/aromatic N) is 2. The highest BCUT2D eigenvalue weighted by Crippen LogP contribution is 2.43. The zero-order valence-electron chi connectivity index (χ0n) is 20.5. The quantitative estimate of drug-likeness (QED) is 0.681. The lowest BCUT2D eigenvalue weighted by Crippen LogP contribution is -2.48. The molecule has 0 saturated carbocycles. The molecule has 0 bridgehead atoms. The molecule has 6 heteroatoms. The molecule has 2 heterocycles. The average molecular weight is 451 g/mol. The maximum Gasteiger partial charge on any atom is 0.337 e. The number of carboxylic acids is 1. The van der Waals surface area contributed by atoms with E-state index in [1.165, 1.54) is 0 Å². The molecule has 0 spiro atoms. The van der Waals surface area contributed by atoms with Crippen molar-refractivity contribution in [2.24, 2.45) is 0 Å². The van der Waals surface area contributed by atoms with Crippen molar-refractivity contribution in [2.45, 2.75) is 72.8 Å². The number of fused-ring (bicyclic) bond motifs is 1. The van der Waals surface area contributed by atoms with Crippen LogP contribution in [0.4, 0.5) is 4.79 Å². The Balaban J connectivity index is 1.90. The third kappa shape index (κ3) is 4.36. The van der Waals surface area contributed by atoms with Gasteiger partial charge in [-0.2, -0.15) is 0 Å². The maximum absolute atomic E-state index is 13.0. The van der Waals surface area contributed by atoms with E-state index >= 15 is 0 Å². The molecule has 2 aliphatic heterocycles. The van der Waals surface area contributed by atoms with Crippen LogP contribution in [0.25, 0.3) is 11.1 Å². The number of ether oxygens (including phenoxy) is 1. The molecular weight excluding hydrogens is 416 g/mol. The molecule has 6 nitrogen and oxygen atoms in total. The summed E-state index contributed by atoms with van der Waals surface area (Å²) in [5, 5.41) is 10.2. The summed E-state index contributed by atoms with van der Waals surface area (Å²) in [5.74, 6) is -1.01. The molecule has 0 aromatic heterocycles. The van der Waals surface area contributed by atoms with Gasteiger partial charge in [0, 0.05) is 31.7 Å². The van der Waals surface area contributed by atoms with Crippen molar-refractivity contribution in [3.63, 3.8) is 0 Å². The number of aryl methyl sites for hydroxylation is 1. The summed E-state index contributed by atoms with van der Waals surface area (Å²) in [4.78, 5) is 29.2. The van der Waals surface area contributed by atoms with Crippen LogP contribution in [0.3, 0.4) is 0 Å². The molecule has 2 amide bonds. The molecule has 176 valence electrons. The van der Waals surface area contributed by atoms with Gasteiger partial charge in [0.2, 0.25) is 0 Å². The number of hydrogen-bond donors (Lipinski definition) is 1. The minimum Gasteiger partial charge on any atom is -0.479 e. The van der Waals surface area contributed by atoms with Gasteiger partial charge in [-0.15, -0.1) is 0 Å². The summed E-state index contributed by atoms with van der Waals surface area (Å²) in [6, 6.07) is 8.24. The van der Waals surface area contributed by atoms with Crippen LogP contribution in [0, 0.1) is 20.8 Å². The van der Waals surface area contributed by atoms with Crippen LogP contribution in [0.15, 0.2) is 24.3 Å². The first-order valence-corrected chi connectivity index (χ1v) is 11.6. The Kier molecular flexibility index (Phi) is 5.99. The van der Waals surface area contributed by atoms with E-state index < -0.39 is 17.7 Å². The summed E-state index contributed by atoms with van der Waals surface area (Å²) in [5.41, 5.74) is 7.18. The van der Waals surface area contributed by atoms with E-state index in [1.54, 1.807) is 0 Å². The highest BCUT2D eigenvalue weighted by molar-refractivity contribution is 5.85. The van der Waals surface area contributed by atoms with Gasteiger partial charge in [0.25, 0.3) is 0 Å². The van der Waals surface area contributed by atoms with E-state index in [1.807, 2.05) is 75.6 Å². The average Bonchev–Trinajstić information content (AvgIpc) is 3.14. The highest BCUT2D eigenvalue weighted by Gasteiger charge is 2.37. The molecule has 4 rings (SSSR count). The Bertz CT molecular complexity index is 1090. The van der Waals surface area contributed by atoms with Gasteiger partial charge in [0.05, 0.1) is 5.60 Å². The largest absolute Gasteiger partial charge is 0.479 e. The first-order chi connectivity index (χ1) is 15.5. The van der Waals surface area contributed by atoms with Crippen LogP contribution < -0.4 is 0 Å². The van der Waals surface area contributed by atoms with Gasteiger partial charge in [0.15, 0.2) is 6.10 Å². The van der Waals surface area contributed by atoms with Gasteiger partial charge >= 0.3 is 12.0 Å². The third-order valence-corrected chi connectivity index (χ3v) is 6.71. The fraction of sp³-hybridized carbons (Fsp3) is 0.481. The summed E-state index contributed by atoms with van der Waals surface area (Å²) >= 11 is 0. The van der Waals surface area contributed by atoms with Crippen molar-refractivity contribution in [1.29, 1.82) is 0 Å². The number of carbonyl (C=O) groups excluding carboxylic acids is 1. The van der Waals surface area contributed by atoms with Gasteiger partial charge in [-0.05, 0) is 81.3 Å². The monoisotopic (exact) mass is 450 g/mol. The minimum absolute atomic E-state index is 0.0652. The van der Waals surface area contributed by atoms with E-state index in [0.717, 1.165) is 58.5 Å². The lowest BCUT2D eigenvalue weighted by molar-refractivity contribution is -0.160. The zero-order valence-corrected chi connectivity index (χ0v) is 20.5. The lowest BCUT2D eigenvalue weighted by Gasteiger charge is -2.34. The number of urea groups is 1. The van der Waals surface area contributed by atoms with Gasteiger partial charge in [-0.1, -0.05) is 29.8 Å². The molecule has 0 radical (unpaired) electrons. The minimum atomic E-state index is -1.11. The summed E-state index contributed by atoms with van der Waals surface area (Å²) < 4.78 is 6.12. The Morgan fingerprint density at radius 3 is 2.00 bits per heavy atom. The molecule has 2 aromatic carbocycles. The van der Waals surface area contributed by atoms with E-state index in [2.05, 4.69) is 0 Å². The Hall–Kier alpha value is -2.86. The Morgan fingerprint density at radius 1 is 0.939 bits per heavy atom. The number of amides is 2. The highest BCUT2D eigenvalue weighted by atomic mass is 16.5. The zero-order chi connectivity index (χ0) is 24.1. The SMILES string of the molecule is Cc1ccc(-c2c(C)c3c(c(C)c2C(OC(C)(C)C)C(=O)O)CN(C(=O)N2CCC2)C3)cc1. The van der Waals surface area contributed by atoms with Crippen LogP contribution in [0.5, 0.6) is 0 Å². The fourth-order valence-corrected chi connectivity index (χ4v) is 4.87. The Labute approximate surface area is 196 Å². The first kappa shape index (κ1) is 23.3. The number of rotatable bonds is 4. The molecule has 2 aliphatic rings. The first-order valence-electron chi connectivity index (χ1n) is 11.6. The van der Waals surface area contributed by atoms with E-state index in [0.29, 0.717) is 18.7 Å². The van der Waals surface area contributed by atoms with Crippen molar-refractivity contribution in [1.82, 2.24) is 9.80 Å². The maximum atomic E-state index is 13.0. The Morgan fingerprint density at radius 2 is 1.52 bits per heavy atom. The van der Waals surface area contributed by atoms with E-state index in [-0.39, 0.29) is 6.03 Å². The second-order valence-corrected chi connectivity index (χ2v) is 10.3. The molecule has 1 fully saturated rings. The number of carboxylic acid groups (broad SMARTS) is 1. The third-order valence-electron chi connectivity index (χ3n) is 6.71. The van der Waals surface area contributed by atoms with Gasteiger partial charge in [-0.3, -0.25) is 0 Å². The van der Waals surface area contributed by atoms with Crippen molar-refractivity contribution >= 4 is 12.0 Å². The van der Waals surface area contributed by atoms with Crippen molar-refractivity contribution in [3.05, 3.63) is 57.6 Å². The second kappa shape index (κ2) is 8.49. The lowest BCUT2D eigenvalue weighted by atomic mass is 9.83. The predicted molar refractivity (Wildman–Crippen MR) is 128 cm³/mol. The standard InChI is InChI=1S/C27H34N2O4/c1-16-8-10-19(11-9-16)22-17(2)20-14-29(26(32)28-12-7-13-28)15-21(20)18(3)23(22)24(25(30)31)33-27(4,5)6/h8-11,24H,7,12-15H2,1-6H3,(H,30,31). The van der Waals surface area contributed by atoms with Crippen LogP contribution in [0.2, 0.25) is 0 Å². The summed E-state index contributed by atoms with van der Waals surface area (Å²) in [6.07, 6.45) is -0.0538. The van der Waals surface area contributed by atoms with Gasteiger partial charge in [-0.25, -0.2) is 9.59 Å². The number of benzene rings is 2. The topological polar surface area (TPSA) is 70.1 Å². The number of aliphatic carboxylic acids is 1. The molecule has 2 aromatic rings. The summed E-state index contributed by atoms with van der Waals surface area (Å²) in [6.45, 7) is 14.3. The number of carbonyl (C=O) groups is 2. The molecule has 1 N–H and O–H groups in total. The van der Waals surface area contributed by atoms with Crippen LogP contribution in [-0.4, -0.2) is 45.6 Å². The predicted octanol–water partition coefficient (Wildman–Crippen LogP) is 5.36. The van der Waals surface area contributed by atoms with Crippen LogP contribution in [0.1, 0.15) is 66.7 Å². The molecule has 0 aliphatic carbocycles. The molecule has 1 saturated heterocycles.